The number of benzene rings is 2. The van der Waals surface area contributed by atoms with Crippen LogP contribution in [0.2, 0.25) is 0 Å². The maximum atomic E-state index is 13.1. The fourth-order valence-corrected chi connectivity index (χ4v) is 2.31. The predicted octanol–water partition coefficient (Wildman–Crippen LogP) is 3.05. The van der Waals surface area contributed by atoms with Crippen molar-refractivity contribution in [2.45, 2.75) is 0 Å². The molecule has 1 N–H and O–H groups in total. The summed E-state index contributed by atoms with van der Waals surface area (Å²) in [6, 6.07) is 12.1. The van der Waals surface area contributed by atoms with Crippen molar-refractivity contribution in [3.63, 3.8) is 0 Å². The molecule has 0 saturated heterocycles. The topological polar surface area (TPSA) is 73.2 Å². The summed E-state index contributed by atoms with van der Waals surface area (Å²) in [5, 5.41) is 2.70. The molecular weight excluding hydrogens is 325 g/mol. The Morgan fingerprint density at radius 3 is 2.64 bits per heavy atom. The van der Waals surface area contributed by atoms with Gasteiger partial charge in [0.25, 0.3) is 5.91 Å². The molecule has 1 amide bonds. The van der Waals surface area contributed by atoms with Gasteiger partial charge in [0.15, 0.2) is 0 Å². The summed E-state index contributed by atoms with van der Waals surface area (Å²) in [5.41, 5.74) is 1.65. The molecule has 3 aromatic rings. The van der Waals surface area contributed by atoms with Gasteiger partial charge in [0, 0.05) is 11.4 Å². The predicted molar refractivity (Wildman–Crippen MR) is 89.3 cm³/mol. The van der Waals surface area contributed by atoms with Gasteiger partial charge in [-0.15, -0.1) is 0 Å². The van der Waals surface area contributed by atoms with Crippen molar-refractivity contribution >= 4 is 17.6 Å². The average molecular weight is 339 g/mol. The van der Waals surface area contributed by atoms with Crippen molar-refractivity contribution in [1.29, 1.82) is 0 Å². The smallest absolute Gasteiger partial charge is 0.337 e. The largest absolute Gasteiger partial charge is 0.465 e. The second-order valence-corrected chi connectivity index (χ2v) is 5.15. The molecular formula is C18H14FN3O3. The number of halogens is 1. The van der Waals surface area contributed by atoms with Crippen molar-refractivity contribution in [2.75, 3.05) is 12.4 Å². The second-order valence-electron chi connectivity index (χ2n) is 5.15. The highest BCUT2D eigenvalue weighted by Crippen LogP contribution is 2.16. The van der Waals surface area contributed by atoms with Crippen molar-refractivity contribution < 1.29 is 18.7 Å². The van der Waals surface area contributed by atoms with Crippen LogP contribution in [0, 0.1) is 5.82 Å². The Bertz CT molecular complexity index is 919. The van der Waals surface area contributed by atoms with Gasteiger partial charge >= 0.3 is 5.97 Å². The summed E-state index contributed by atoms with van der Waals surface area (Å²) < 4.78 is 19.3. The van der Waals surface area contributed by atoms with E-state index in [-0.39, 0.29) is 11.5 Å². The first-order valence-electron chi connectivity index (χ1n) is 7.36. The van der Waals surface area contributed by atoms with E-state index in [1.807, 2.05) is 0 Å². The zero-order valence-corrected chi connectivity index (χ0v) is 13.3. The summed E-state index contributed by atoms with van der Waals surface area (Å²) in [6.45, 7) is 0. The summed E-state index contributed by atoms with van der Waals surface area (Å²) in [5.74, 6) is -1.27. The van der Waals surface area contributed by atoms with Crippen LogP contribution in [-0.4, -0.2) is 28.5 Å². The molecule has 0 saturated carbocycles. The van der Waals surface area contributed by atoms with E-state index in [1.165, 1.54) is 37.8 Å². The fourth-order valence-electron chi connectivity index (χ4n) is 2.31. The van der Waals surface area contributed by atoms with E-state index in [0.717, 1.165) is 0 Å². The van der Waals surface area contributed by atoms with Gasteiger partial charge in [0.1, 0.15) is 11.5 Å². The Morgan fingerprint density at radius 1 is 1.16 bits per heavy atom. The Balaban J connectivity index is 1.84. The van der Waals surface area contributed by atoms with Gasteiger partial charge in [-0.3, -0.25) is 9.36 Å². The van der Waals surface area contributed by atoms with Gasteiger partial charge in [0.2, 0.25) is 0 Å². The van der Waals surface area contributed by atoms with Gasteiger partial charge in [-0.25, -0.2) is 14.2 Å². The van der Waals surface area contributed by atoms with Crippen LogP contribution in [0.3, 0.4) is 0 Å². The van der Waals surface area contributed by atoms with Gasteiger partial charge in [0.05, 0.1) is 25.2 Å². The number of rotatable bonds is 4. The van der Waals surface area contributed by atoms with E-state index < -0.39 is 11.9 Å². The van der Waals surface area contributed by atoms with Crippen LogP contribution in [0.5, 0.6) is 0 Å². The van der Waals surface area contributed by atoms with Gasteiger partial charge in [-0.2, -0.15) is 0 Å². The minimum Gasteiger partial charge on any atom is -0.465 e. The molecule has 0 bridgehead atoms. The van der Waals surface area contributed by atoms with E-state index in [2.05, 4.69) is 15.0 Å². The third-order valence-electron chi connectivity index (χ3n) is 3.52. The molecule has 1 heterocycles. The Labute approximate surface area is 142 Å². The standard InChI is InChI=1S/C18H14FN3O3/c1-25-18(24)12-3-2-4-14(9-12)21-17(23)16-10-20-11-22(16)15-7-5-13(19)6-8-15/h2-11H,1H3,(H,21,23). The third-order valence-corrected chi connectivity index (χ3v) is 3.52. The summed E-state index contributed by atoms with van der Waals surface area (Å²) in [7, 11) is 1.29. The molecule has 2 aromatic carbocycles. The van der Waals surface area contributed by atoms with Crippen molar-refractivity contribution in [3.05, 3.63) is 78.1 Å². The van der Waals surface area contributed by atoms with Crippen molar-refractivity contribution in [2.24, 2.45) is 0 Å². The molecule has 6 nitrogen and oxygen atoms in total. The lowest BCUT2D eigenvalue weighted by molar-refractivity contribution is 0.0600. The number of imidazole rings is 1. The SMILES string of the molecule is COC(=O)c1cccc(NC(=O)c2cncn2-c2ccc(F)cc2)c1. The number of hydrogen-bond donors (Lipinski definition) is 1. The van der Waals surface area contributed by atoms with Crippen LogP contribution in [0.25, 0.3) is 5.69 Å². The van der Waals surface area contributed by atoms with Crippen LogP contribution in [-0.2, 0) is 4.74 Å². The number of aromatic nitrogens is 2. The number of nitrogens with zero attached hydrogens (tertiary/aromatic N) is 2. The highest BCUT2D eigenvalue weighted by molar-refractivity contribution is 6.04. The van der Waals surface area contributed by atoms with Crippen molar-refractivity contribution in [1.82, 2.24) is 9.55 Å². The second kappa shape index (κ2) is 6.96. The molecule has 3 rings (SSSR count). The minimum absolute atomic E-state index is 0.273. The number of carbonyl (C=O) groups excluding carboxylic acids is 2. The molecule has 0 fully saturated rings. The highest BCUT2D eigenvalue weighted by atomic mass is 19.1. The van der Waals surface area contributed by atoms with Gasteiger partial charge in [-0.1, -0.05) is 6.07 Å². The summed E-state index contributed by atoms with van der Waals surface area (Å²) in [4.78, 5) is 28.1. The molecule has 1 aromatic heterocycles. The number of amides is 1. The maximum Gasteiger partial charge on any atom is 0.337 e. The molecule has 0 atom stereocenters. The first-order valence-corrected chi connectivity index (χ1v) is 7.36. The normalized spacial score (nSPS) is 10.3. The monoisotopic (exact) mass is 339 g/mol. The van der Waals surface area contributed by atoms with Crippen LogP contribution < -0.4 is 5.32 Å². The zero-order chi connectivity index (χ0) is 17.8. The first-order chi connectivity index (χ1) is 12.1. The highest BCUT2D eigenvalue weighted by Gasteiger charge is 2.14. The van der Waals surface area contributed by atoms with Gasteiger partial charge in [-0.05, 0) is 42.5 Å². The molecule has 0 spiro atoms. The molecule has 0 radical (unpaired) electrons. The van der Waals surface area contributed by atoms with E-state index >= 15 is 0 Å². The number of anilines is 1. The van der Waals surface area contributed by atoms with Gasteiger partial charge < -0.3 is 10.1 Å². The van der Waals surface area contributed by atoms with Crippen LogP contribution in [0.15, 0.2) is 61.1 Å². The third kappa shape index (κ3) is 3.55. The Morgan fingerprint density at radius 2 is 1.92 bits per heavy atom. The quantitative estimate of drug-likeness (QED) is 0.742. The zero-order valence-electron chi connectivity index (χ0n) is 13.3. The van der Waals surface area contributed by atoms with Crippen LogP contribution in [0.4, 0.5) is 10.1 Å². The lowest BCUT2D eigenvalue weighted by atomic mass is 10.2. The van der Waals surface area contributed by atoms with E-state index in [1.54, 1.807) is 34.9 Å². The Hall–Kier alpha value is -3.48. The number of methoxy groups -OCH3 is 1. The molecule has 25 heavy (non-hydrogen) atoms. The number of hydrogen-bond acceptors (Lipinski definition) is 4. The van der Waals surface area contributed by atoms with E-state index in [4.69, 9.17) is 0 Å². The van der Waals surface area contributed by atoms with E-state index in [0.29, 0.717) is 16.9 Å². The number of nitrogens with one attached hydrogen (secondary N) is 1. The fraction of sp³-hybridized carbons (Fsp3) is 0.0556. The Kier molecular flexibility index (Phi) is 4.56. The number of esters is 1. The molecule has 0 aliphatic rings. The molecule has 0 unspecified atom stereocenters. The summed E-state index contributed by atoms with van der Waals surface area (Å²) >= 11 is 0. The van der Waals surface area contributed by atoms with Crippen LogP contribution >= 0.6 is 0 Å². The molecule has 7 heteroatoms. The minimum atomic E-state index is -0.493. The van der Waals surface area contributed by atoms with E-state index in [9.17, 15) is 14.0 Å². The lowest BCUT2D eigenvalue weighted by Gasteiger charge is -2.09. The number of ether oxygens (including phenoxy) is 1. The maximum absolute atomic E-state index is 13.1. The summed E-state index contributed by atoms with van der Waals surface area (Å²) in [6.07, 6.45) is 2.87. The lowest BCUT2D eigenvalue weighted by Crippen LogP contribution is -2.16. The average Bonchev–Trinajstić information content (AvgIpc) is 3.12. The molecule has 126 valence electrons. The number of carbonyl (C=O) groups is 2. The van der Waals surface area contributed by atoms with Crippen LogP contribution in [0.1, 0.15) is 20.8 Å². The first kappa shape index (κ1) is 16.4. The molecule has 0 aliphatic heterocycles. The molecule has 0 aliphatic carbocycles. The van der Waals surface area contributed by atoms with Crippen molar-refractivity contribution in [3.8, 4) is 5.69 Å².